The maximum absolute atomic E-state index is 11.7. The molecule has 3 N–H and O–H groups in total. The lowest BCUT2D eigenvalue weighted by molar-refractivity contribution is 0.139. The first kappa shape index (κ1) is 18.3. The van der Waals surface area contributed by atoms with Crippen LogP contribution in [0.2, 0.25) is 0 Å². The molecule has 1 saturated heterocycles. The Labute approximate surface area is 142 Å². The largest absolute Gasteiger partial charge is 0.504 e. The predicted molar refractivity (Wildman–Crippen MR) is 91.2 cm³/mol. The SMILES string of the molecule is CCCCOC(=O)NC1CCN(c2cc(C)nc(CO)c2O)CC1. The van der Waals surface area contributed by atoms with Gasteiger partial charge >= 0.3 is 6.09 Å². The van der Waals surface area contributed by atoms with Gasteiger partial charge in [-0.3, -0.25) is 4.98 Å². The number of pyridine rings is 1. The number of piperidine rings is 1. The smallest absolute Gasteiger partial charge is 0.407 e. The maximum atomic E-state index is 11.7. The Morgan fingerprint density at radius 1 is 1.46 bits per heavy atom. The summed E-state index contributed by atoms with van der Waals surface area (Å²) in [6, 6.07) is 1.90. The van der Waals surface area contributed by atoms with Crippen molar-refractivity contribution in [3.8, 4) is 5.75 Å². The molecule has 1 aliphatic heterocycles. The van der Waals surface area contributed by atoms with Crippen LogP contribution >= 0.6 is 0 Å². The highest BCUT2D eigenvalue weighted by atomic mass is 16.5. The number of aromatic hydroxyl groups is 1. The number of hydrogen-bond donors (Lipinski definition) is 3. The number of anilines is 1. The van der Waals surface area contributed by atoms with Crippen LogP contribution in [0.15, 0.2) is 6.07 Å². The fourth-order valence-corrected chi connectivity index (χ4v) is 2.85. The Balaban J connectivity index is 1.89. The third kappa shape index (κ3) is 4.74. The summed E-state index contributed by atoms with van der Waals surface area (Å²) in [6.45, 7) is 5.47. The molecule has 7 nitrogen and oxygen atoms in total. The zero-order chi connectivity index (χ0) is 17.5. The van der Waals surface area contributed by atoms with Gasteiger partial charge in [-0.2, -0.15) is 0 Å². The lowest BCUT2D eigenvalue weighted by Gasteiger charge is -2.34. The minimum atomic E-state index is -0.355. The van der Waals surface area contributed by atoms with Gasteiger partial charge in [-0.05, 0) is 32.3 Å². The van der Waals surface area contributed by atoms with Gasteiger partial charge in [0.05, 0.1) is 18.9 Å². The van der Waals surface area contributed by atoms with Gasteiger partial charge in [0.1, 0.15) is 5.69 Å². The van der Waals surface area contributed by atoms with Crippen molar-refractivity contribution < 1.29 is 19.7 Å². The van der Waals surface area contributed by atoms with Crippen molar-refractivity contribution in [2.45, 2.75) is 52.2 Å². The minimum absolute atomic E-state index is 0.0356. The molecule has 1 amide bonds. The fraction of sp³-hybridized carbons (Fsp3) is 0.647. The van der Waals surface area contributed by atoms with Gasteiger partial charge in [-0.1, -0.05) is 13.3 Å². The molecule has 1 aromatic heterocycles. The number of nitrogens with one attached hydrogen (secondary N) is 1. The number of alkyl carbamates (subject to hydrolysis) is 1. The Kier molecular flexibility index (Phi) is 6.66. The molecular formula is C17H27N3O4. The first-order valence-electron chi connectivity index (χ1n) is 8.53. The number of aliphatic hydroxyl groups is 1. The van der Waals surface area contributed by atoms with Crippen LogP contribution in [0.25, 0.3) is 0 Å². The Morgan fingerprint density at radius 2 is 2.17 bits per heavy atom. The number of unbranched alkanes of at least 4 members (excludes halogenated alkanes) is 1. The molecule has 0 bridgehead atoms. The standard InChI is InChI=1S/C17H27N3O4/c1-3-4-9-24-17(23)19-13-5-7-20(8-6-13)15-10-12(2)18-14(11-21)16(15)22/h10,13,21-22H,3-9,11H2,1-2H3,(H,19,23). The molecule has 0 unspecified atom stereocenters. The van der Waals surface area contributed by atoms with E-state index in [-0.39, 0.29) is 24.5 Å². The van der Waals surface area contributed by atoms with Gasteiger partial charge in [0, 0.05) is 24.8 Å². The quantitative estimate of drug-likeness (QED) is 0.688. The van der Waals surface area contributed by atoms with E-state index < -0.39 is 0 Å². The van der Waals surface area contributed by atoms with Crippen LogP contribution < -0.4 is 10.2 Å². The van der Waals surface area contributed by atoms with Gasteiger partial charge in [-0.25, -0.2) is 4.79 Å². The molecule has 1 aromatic rings. The Hall–Kier alpha value is -2.02. The van der Waals surface area contributed by atoms with Gasteiger partial charge in [0.2, 0.25) is 0 Å². The maximum Gasteiger partial charge on any atom is 0.407 e. The highest BCUT2D eigenvalue weighted by Gasteiger charge is 2.24. The fourth-order valence-electron chi connectivity index (χ4n) is 2.85. The molecule has 2 heterocycles. The average molecular weight is 337 g/mol. The first-order chi connectivity index (χ1) is 11.5. The van der Waals surface area contributed by atoms with E-state index in [1.807, 2.05) is 13.0 Å². The lowest BCUT2D eigenvalue weighted by Crippen LogP contribution is -2.45. The summed E-state index contributed by atoms with van der Waals surface area (Å²) in [5, 5.41) is 22.4. The molecule has 0 atom stereocenters. The number of aliphatic hydroxyl groups excluding tert-OH is 1. The Morgan fingerprint density at radius 3 is 2.79 bits per heavy atom. The molecule has 24 heavy (non-hydrogen) atoms. The number of amides is 1. The van der Waals surface area contributed by atoms with Crippen molar-refractivity contribution in [1.82, 2.24) is 10.3 Å². The summed E-state index contributed by atoms with van der Waals surface area (Å²) in [7, 11) is 0. The molecule has 0 saturated carbocycles. The number of rotatable bonds is 6. The molecule has 0 aliphatic carbocycles. The van der Waals surface area contributed by atoms with Crippen LogP contribution in [0, 0.1) is 6.92 Å². The van der Waals surface area contributed by atoms with E-state index in [1.165, 1.54) is 0 Å². The molecule has 0 spiro atoms. The van der Waals surface area contributed by atoms with Gasteiger partial charge in [0.15, 0.2) is 5.75 Å². The van der Waals surface area contributed by atoms with Crippen LogP contribution in [0.5, 0.6) is 5.75 Å². The number of hydrogen-bond acceptors (Lipinski definition) is 6. The molecule has 1 aliphatic rings. The number of aryl methyl sites for hydroxylation is 1. The number of nitrogens with zero attached hydrogens (tertiary/aromatic N) is 2. The van der Waals surface area contributed by atoms with Crippen LogP contribution in [-0.4, -0.2) is 47.0 Å². The monoisotopic (exact) mass is 337 g/mol. The summed E-state index contributed by atoms with van der Waals surface area (Å²) in [5.41, 5.74) is 1.74. The molecule has 1 fully saturated rings. The van der Waals surface area contributed by atoms with Crippen molar-refractivity contribution in [3.63, 3.8) is 0 Å². The summed E-state index contributed by atoms with van der Waals surface area (Å²) in [4.78, 5) is 17.9. The third-order valence-corrected chi connectivity index (χ3v) is 4.21. The molecule has 7 heteroatoms. The van der Waals surface area contributed by atoms with Gasteiger partial charge < -0.3 is 25.2 Å². The average Bonchev–Trinajstić information content (AvgIpc) is 2.57. The van der Waals surface area contributed by atoms with Crippen LogP contribution in [0.4, 0.5) is 10.5 Å². The second-order valence-corrected chi connectivity index (χ2v) is 6.13. The highest BCUT2D eigenvalue weighted by Crippen LogP contribution is 2.32. The summed E-state index contributed by atoms with van der Waals surface area (Å²) in [5.74, 6) is 0.0356. The zero-order valence-electron chi connectivity index (χ0n) is 14.4. The Bertz CT molecular complexity index is 557. The molecule has 0 radical (unpaired) electrons. The highest BCUT2D eigenvalue weighted by molar-refractivity contribution is 5.67. The zero-order valence-corrected chi connectivity index (χ0v) is 14.4. The normalized spacial score (nSPS) is 15.4. The first-order valence-corrected chi connectivity index (χ1v) is 8.53. The summed E-state index contributed by atoms with van der Waals surface area (Å²) < 4.78 is 5.12. The molecule has 134 valence electrons. The molecule has 2 rings (SSSR count). The number of carbonyl (C=O) groups is 1. The predicted octanol–water partition coefficient (Wildman–Crippen LogP) is 2.08. The molecular weight excluding hydrogens is 310 g/mol. The van der Waals surface area contributed by atoms with E-state index in [0.717, 1.165) is 31.4 Å². The summed E-state index contributed by atoms with van der Waals surface area (Å²) >= 11 is 0. The van der Waals surface area contributed by atoms with E-state index in [1.54, 1.807) is 0 Å². The van der Waals surface area contributed by atoms with Gasteiger partial charge in [-0.15, -0.1) is 0 Å². The lowest BCUT2D eigenvalue weighted by atomic mass is 10.0. The van der Waals surface area contributed by atoms with Crippen molar-refractivity contribution in [1.29, 1.82) is 0 Å². The number of carbonyl (C=O) groups excluding carboxylic acids is 1. The van der Waals surface area contributed by atoms with Crippen LogP contribution in [0.3, 0.4) is 0 Å². The molecule has 0 aromatic carbocycles. The second kappa shape index (κ2) is 8.73. The minimum Gasteiger partial charge on any atom is -0.504 e. The summed E-state index contributed by atoms with van der Waals surface area (Å²) in [6.07, 6.45) is 3.07. The topological polar surface area (TPSA) is 94.9 Å². The van der Waals surface area contributed by atoms with Crippen LogP contribution in [-0.2, 0) is 11.3 Å². The van der Waals surface area contributed by atoms with E-state index in [4.69, 9.17) is 4.74 Å². The van der Waals surface area contributed by atoms with Crippen molar-refractivity contribution in [2.75, 3.05) is 24.6 Å². The second-order valence-electron chi connectivity index (χ2n) is 6.13. The van der Waals surface area contributed by atoms with E-state index >= 15 is 0 Å². The van der Waals surface area contributed by atoms with E-state index in [0.29, 0.717) is 31.1 Å². The van der Waals surface area contributed by atoms with Gasteiger partial charge in [0.25, 0.3) is 0 Å². The van der Waals surface area contributed by atoms with Crippen LogP contribution in [0.1, 0.15) is 44.0 Å². The third-order valence-electron chi connectivity index (χ3n) is 4.21. The van der Waals surface area contributed by atoms with E-state index in [9.17, 15) is 15.0 Å². The van der Waals surface area contributed by atoms with Crippen molar-refractivity contribution in [3.05, 3.63) is 17.5 Å². The van der Waals surface area contributed by atoms with Crippen molar-refractivity contribution in [2.24, 2.45) is 0 Å². The van der Waals surface area contributed by atoms with E-state index in [2.05, 4.69) is 22.1 Å². The number of ether oxygens (including phenoxy) is 1. The van der Waals surface area contributed by atoms with Crippen molar-refractivity contribution >= 4 is 11.8 Å². The number of aromatic nitrogens is 1.